The van der Waals surface area contributed by atoms with Gasteiger partial charge in [0.1, 0.15) is 16.6 Å². The Morgan fingerprint density at radius 1 is 1.00 bits per heavy atom. The summed E-state index contributed by atoms with van der Waals surface area (Å²) in [7, 11) is 0. The van der Waals surface area contributed by atoms with Gasteiger partial charge in [0.05, 0.1) is 29.0 Å². The van der Waals surface area contributed by atoms with Gasteiger partial charge >= 0.3 is 0 Å². The number of hydrogen-bond donors (Lipinski definition) is 1. The van der Waals surface area contributed by atoms with Crippen LogP contribution in [0, 0.1) is 0 Å². The van der Waals surface area contributed by atoms with E-state index >= 15 is 0 Å². The predicted octanol–water partition coefficient (Wildman–Crippen LogP) is 4.69. The van der Waals surface area contributed by atoms with E-state index in [1.54, 1.807) is 60.7 Å². The van der Waals surface area contributed by atoms with E-state index < -0.39 is 5.91 Å². The van der Waals surface area contributed by atoms with Crippen molar-refractivity contribution in [3.63, 3.8) is 0 Å². The highest BCUT2D eigenvalue weighted by atomic mass is 35.5. The van der Waals surface area contributed by atoms with Crippen molar-refractivity contribution in [3.05, 3.63) is 88.2 Å². The predicted molar refractivity (Wildman–Crippen MR) is 135 cm³/mol. The standard InChI is InChI=1S/C24H16ClN3O4S2/c25-14-7-9-15(10-8-14)26-19(29)13-27-18-6-2-1-5-17(18)20(22(27)30)21-23(31)28(24(33)34-21)12-16-4-3-11-32-16/h1-11H,12-13H2,(H,26,29). The van der Waals surface area contributed by atoms with Crippen LogP contribution in [0.4, 0.5) is 11.4 Å². The molecule has 1 N–H and O–H groups in total. The van der Waals surface area contributed by atoms with Gasteiger partial charge in [-0.1, -0.05) is 53.8 Å². The molecule has 0 unspecified atom stereocenters. The van der Waals surface area contributed by atoms with E-state index in [-0.39, 0.29) is 35.4 Å². The van der Waals surface area contributed by atoms with Crippen LogP contribution in [0.2, 0.25) is 5.02 Å². The van der Waals surface area contributed by atoms with Gasteiger partial charge in [-0.2, -0.15) is 0 Å². The fraction of sp³-hybridized carbons (Fsp3) is 0.0833. The largest absolute Gasteiger partial charge is 0.467 e. The number of thioether (sulfide) groups is 1. The highest BCUT2D eigenvalue weighted by Gasteiger charge is 2.42. The summed E-state index contributed by atoms with van der Waals surface area (Å²) in [5, 5.41) is 3.31. The Kier molecular flexibility index (Phi) is 5.99. The number of carbonyl (C=O) groups excluding carboxylic acids is 3. The molecule has 0 radical (unpaired) electrons. The minimum atomic E-state index is -0.425. The summed E-state index contributed by atoms with van der Waals surface area (Å²) >= 11 is 12.4. The third kappa shape index (κ3) is 4.13. The highest BCUT2D eigenvalue weighted by Crippen LogP contribution is 2.44. The molecule has 0 spiro atoms. The molecule has 1 aromatic heterocycles. The van der Waals surface area contributed by atoms with Crippen molar-refractivity contribution in [1.82, 2.24) is 4.90 Å². The summed E-state index contributed by atoms with van der Waals surface area (Å²) in [6.07, 6.45) is 1.52. The number of anilines is 2. The van der Waals surface area contributed by atoms with Crippen molar-refractivity contribution in [1.29, 1.82) is 0 Å². The zero-order chi connectivity index (χ0) is 23.8. The molecule has 170 valence electrons. The van der Waals surface area contributed by atoms with Crippen molar-refractivity contribution in [2.75, 3.05) is 16.8 Å². The second-order valence-corrected chi connectivity index (χ2v) is 9.59. The van der Waals surface area contributed by atoms with Crippen LogP contribution in [0.25, 0.3) is 5.57 Å². The number of furan rings is 1. The van der Waals surface area contributed by atoms with Crippen LogP contribution in [-0.4, -0.2) is 33.5 Å². The van der Waals surface area contributed by atoms with Crippen LogP contribution in [-0.2, 0) is 20.9 Å². The summed E-state index contributed by atoms with van der Waals surface area (Å²) in [5.41, 5.74) is 1.96. The van der Waals surface area contributed by atoms with Crippen molar-refractivity contribution < 1.29 is 18.8 Å². The van der Waals surface area contributed by atoms with E-state index in [9.17, 15) is 14.4 Å². The van der Waals surface area contributed by atoms with Gasteiger partial charge in [-0.25, -0.2) is 0 Å². The molecule has 2 aromatic carbocycles. The molecule has 1 saturated heterocycles. The quantitative estimate of drug-likeness (QED) is 0.397. The third-order valence-electron chi connectivity index (χ3n) is 5.32. The lowest BCUT2D eigenvalue weighted by atomic mass is 10.1. The van der Waals surface area contributed by atoms with Crippen molar-refractivity contribution >= 4 is 74.6 Å². The SMILES string of the molecule is O=C(CN1C(=O)C(=C2SC(=S)N(Cc3ccco3)C2=O)c2ccccc21)Nc1ccc(Cl)cc1. The zero-order valence-electron chi connectivity index (χ0n) is 17.5. The lowest BCUT2D eigenvalue weighted by Gasteiger charge is -2.16. The topological polar surface area (TPSA) is 82.9 Å². The molecule has 5 rings (SSSR count). The molecule has 34 heavy (non-hydrogen) atoms. The van der Waals surface area contributed by atoms with E-state index in [1.165, 1.54) is 16.1 Å². The lowest BCUT2D eigenvalue weighted by Crippen LogP contribution is -2.35. The first kappa shape index (κ1) is 22.4. The number of halogens is 1. The van der Waals surface area contributed by atoms with Crippen molar-refractivity contribution in [3.8, 4) is 0 Å². The number of thiocarbonyl (C=S) groups is 1. The summed E-state index contributed by atoms with van der Waals surface area (Å²) in [4.78, 5) is 42.5. The molecule has 0 bridgehead atoms. The van der Waals surface area contributed by atoms with Crippen LogP contribution in [0.15, 0.2) is 76.2 Å². The number of para-hydroxylation sites is 1. The van der Waals surface area contributed by atoms with Crippen LogP contribution in [0.1, 0.15) is 11.3 Å². The summed E-state index contributed by atoms with van der Waals surface area (Å²) in [5.74, 6) is -0.582. The van der Waals surface area contributed by atoms with Gasteiger partial charge in [-0.3, -0.25) is 24.2 Å². The Labute approximate surface area is 209 Å². The molecule has 1 fully saturated rings. The first-order chi connectivity index (χ1) is 16.4. The van der Waals surface area contributed by atoms with Crippen molar-refractivity contribution in [2.24, 2.45) is 0 Å². The van der Waals surface area contributed by atoms with Crippen LogP contribution in [0.3, 0.4) is 0 Å². The summed E-state index contributed by atoms with van der Waals surface area (Å²) < 4.78 is 5.68. The first-order valence-corrected chi connectivity index (χ1v) is 11.8. The molecule has 0 atom stereocenters. The fourth-order valence-corrected chi connectivity index (χ4v) is 5.23. The molecule has 3 heterocycles. The number of nitrogens with zero attached hydrogens (tertiary/aromatic N) is 2. The maximum Gasteiger partial charge on any atom is 0.267 e. The van der Waals surface area contributed by atoms with E-state index in [4.69, 9.17) is 28.2 Å². The lowest BCUT2D eigenvalue weighted by molar-refractivity contribution is -0.123. The van der Waals surface area contributed by atoms with Crippen LogP contribution in [0.5, 0.6) is 0 Å². The Morgan fingerprint density at radius 3 is 2.50 bits per heavy atom. The maximum absolute atomic E-state index is 13.5. The van der Waals surface area contributed by atoms with Crippen LogP contribution < -0.4 is 10.2 Å². The Morgan fingerprint density at radius 2 is 1.76 bits per heavy atom. The highest BCUT2D eigenvalue weighted by molar-refractivity contribution is 8.26. The first-order valence-electron chi connectivity index (χ1n) is 10.2. The van der Waals surface area contributed by atoms with Gasteiger partial charge in [0.15, 0.2) is 0 Å². The molecular weight excluding hydrogens is 494 g/mol. The second-order valence-electron chi connectivity index (χ2n) is 7.51. The monoisotopic (exact) mass is 509 g/mol. The van der Waals surface area contributed by atoms with Gasteiger partial charge in [0.25, 0.3) is 11.8 Å². The zero-order valence-corrected chi connectivity index (χ0v) is 19.9. The molecular formula is C24H16ClN3O4S2. The van der Waals surface area contributed by atoms with Gasteiger partial charge < -0.3 is 9.73 Å². The summed E-state index contributed by atoms with van der Waals surface area (Å²) in [6, 6.07) is 17.2. The number of carbonyl (C=O) groups is 3. The van der Waals surface area contributed by atoms with Crippen LogP contribution >= 0.6 is 35.6 Å². The fourth-order valence-electron chi connectivity index (χ4n) is 3.78. The Balaban J connectivity index is 1.43. The average Bonchev–Trinajstić information content (AvgIpc) is 3.50. The number of nitrogens with one attached hydrogen (secondary N) is 1. The van der Waals surface area contributed by atoms with Gasteiger partial charge in [-0.05, 0) is 42.5 Å². The molecule has 2 aliphatic heterocycles. The minimum absolute atomic E-state index is 0.178. The molecule has 0 aliphatic carbocycles. The van der Waals surface area contributed by atoms with E-state index in [2.05, 4.69) is 5.32 Å². The molecule has 0 saturated carbocycles. The van der Waals surface area contributed by atoms with Gasteiger partial charge in [0.2, 0.25) is 5.91 Å². The molecule has 10 heteroatoms. The minimum Gasteiger partial charge on any atom is -0.467 e. The van der Waals surface area contributed by atoms with E-state index in [0.717, 1.165) is 11.8 Å². The smallest absolute Gasteiger partial charge is 0.267 e. The number of rotatable bonds is 5. The third-order valence-corrected chi connectivity index (χ3v) is 7.02. The second kappa shape index (κ2) is 9.09. The summed E-state index contributed by atoms with van der Waals surface area (Å²) in [6.45, 7) is -0.0356. The normalized spacial score (nSPS) is 17.5. The average molecular weight is 510 g/mol. The molecule has 2 aliphatic rings. The molecule has 3 aromatic rings. The number of benzene rings is 2. The number of amides is 3. The van der Waals surface area contributed by atoms with Gasteiger partial charge in [0, 0.05) is 16.3 Å². The Hall–Kier alpha value is -3.40. The van der Waals surface area contributed by atoms with Crippen molar-refractivity contribution in [2.45, 2.75) is 6.54 Å². The van der Waals surface area contributed by atoms with Gasteiger partial charge in [-0.15, -0.1) is 0 Å². The molecule has 7 nitrogen and oxygen atoms in total. The van der Waals surface area contributed by atoms with E-state index in [1.807, 2.05) is 0 Å². The van der Waals surface area contributed by atoms with E-state index in [0.29, 0.717) is 32.0 Å². The number of hydrogen-bond acceptors (Lipinski definition) is 6. The molecule has 3 amide bonds. The number of fused-ring (bicyclic) bond motifs is 1. The maximum atomic E-state index is 13.5. The Bertz CT molecular complexity index is 1350.